The fraction of sp³-hybridized carbons (Fsp3) is 0.500. The van der Waals surface area contributed by atoms with Crippen LogP contribution in [0.2, 0.25) is 0 Å². The van der Waals surface area contributed by atoms with Gasteiger partial charge in [-0.15, -0.1) is 0 Å². The normalized spacial score (nSPS) is 23.9. The molecule has 2 fully saturated rings. The van der Waals surface area contributed by atoms with Crippen LogP contribution in [0.1, 0.15) is 0 Å². The van der Waals surface area contributed by atoms with Gasteiger partial charge >= 0.3 is 6.09 Å². The Morgan fingerprint density at radius 1 is 1.30 bits per heavy atom. The Hall–Kier alpha value is -1.87. The zero-order valence-corrected chi connectivity index (χ0v) is 13.3. The van der Waals surface area contributed by atoms with Crippen LogP contribution >= 0.6 is 0 Å². The number of hydrogen-bond acceptors (Lipinski definition) is 6. The summed E-state index contributed by atoms with van der Waals surface area (Å²) in [5.41, 5.74) is 6.22. The maximum atomic E-state index is 14.4. The number of cyclic esters (lactones) is 1. The second-order valence-corrected chi connectivity index (χ2v) is 7.93. The van der Waals surface area contributed by atoms with E-state index in [-0.39, 0.29) is 37.7 Å². The molecule has 2 aliphatic rings. The first-order valence-corrected chi connectivity index (χ1v) is 9.15. The summed E-state index contributed by atoms with van der Waals surface area (Å²) in [5, 5.41) is 0. The molecule has 126 valence electrons. The van der Waals surface area contributed by atoms with Crippen molar-refractivity contribution in [3.63, 3.8) is 0 Å². The number of amides is 1. The van der Waals surface area contributed by atoms with Crippen LogP contribution in [0.3, 0.4) is 0 Å². The van der Waals surface area contributed by atoms with Crippen molar-refractivity contribution in [2.24, 2.45) is 5.73 Å². The van der Waals surface area contributed by atoms with Crippen molar-refractivity contribution in [2.75, 3.05) is 47.5 Å². The first kappa shape index (κ1) is 16.0. The van der Waals surface area contributed by atoms with Crippen LogP contribution in [0.25, 0.3) is 0 Å². The first-order valence-electron chi connectivity index (χ1n) is 7.33. The van der Waals surface area contributed by atoms with Crippen molar-refractivity contribution < 1.29 is 22.3 Å². The van der Waals surface area contributed by atoms with E-state index in [2.05, 4.69) is 0 Å². The molecule has 9 heteroatoms. The van der Waals surface area contributed by atoms with E-state index in [0.29, 0.717) is 11.4 Å². The predicted molar refractivity (Wildman–Crippen MR) is 83.9 cm³/mol. The molecule has 1 amide bonds. The molecule has 0 aromatic heterocycles. The number of nitrogens with zero attached hydrogens (tertiary/aromatic N) is 2. The third-order valence-corrected chi connectivity index (χ3v) is 5.67. The summed E-state index contributed by atoms with van der Waals surface area (Å²) in [6, 6.07) is 4.45. The molecule has 2 aliphatic heterocycles. The smallest absolute Gasteiger partial charge is 0.414 e. The molecule has 0 saturated carbocycles. The lowest BCUT2D eigenvalue weighted by molar-refractivity contribution is 0.145. The Morgan fingerprint density at radius 3 is 2.57 bits per heavy atom. The second kappa shape index (κ2) is 5.97. The minimum absolute atomic E-state index is 0.0187. The summed E-state index contributed by atoms with van der Waals surface area (Å²) in [6.07, 6.45) is -0.936. The predicted octanol–water partition coefficient (Wildman–Crippen LogP) is 0.344. The SMILES string of the molecule is NCC1CN(c2ccc(N3CCS(=O)(=O)CC3)c(F)c2)C(=O)O1. The van der Waals surface area contributed by atoms with Gasteiger partial charge in [0.15, 0.2) is 9.84 Å². The Morgan fingerprint density at radius 2 is 2.00 bits per heavy atom. The summed E-state index contributed by atoms with van der Waals surface area (Å²) in [7, 11) is -3.02. The van der Waals surface area contributed by atoms with Crippen LogP contribution in [0, 0.1) is 5.82 Å². The highest BCUT2D eigenvalue weighted by Gasteiger charge is 2.32. The second-order valence-electron chi connectivity index (χ2n) is 5.63. The maximum Gasteiger partial charge on any atom is 0.414 e. The zero-order valence-electron chi connectivity index (χ0n) is 12.4. The topological polar surface area (TPSA) is 92.9 Å². The van der Waals surface area contributed by atoms with E-state index in [9.17, 15) is 17.6 Å². The Labute approximate surface area is 133 Å². The number of sulfone groups is 1. The Kier molecular flexibility index (Phi) is 4.15. The number of benzene rings is 1. The molecule has 1 atom stereocenters. The van der Waals surface area contributed by atoms with Crippen molar-refractivity contribution in [3.8, 4) is 0 Å². The quantitative estimate of drug-likeness (QED) is 0.851. The average Bonchev–Trinajstić information content (AvgIpc) is 2.89. The van der Waals surface area contributed by atoms with Gasteiger partial charge in [-0.05, 0) is 18.2 Å². The lowest BCUT2D eigenvalue weighted by atomic mass is 10.2. The van der Waals surface area contributed by atoms with Gasteiger partial charge in [0, 0.05) is 19.6 Å². The molecule has 2 saturated heterocycles. The number of anilines is 2. The van der Waals surface area contributed by atoms with Gasteiger partial charge in [-0.25, -0.2) is 17.6 Å². The van der Waals surface area contributed by atoms with Gasteiger partial charge in [0.1, 0.15) is 11.9 Å². The first-order chi connectivity index (χ1) is 10.9. The largest absolute Gasteiger partial charge is 0.443 e. The minimum atomic E-state index is -3.02. The van der Waals surface area contributed by atoms with Crippen molar-refractivity contribution >= 4 is 27.3 Å². The van der Waals surface area contributed by atoms with Gasteiger partial charge in [-0.1, -0.05) is 0 Å². The molecule has 0 radical (unpaired) electrons. The van der Waals surface area contributed by atoms with Crippen molar-refractivity contribution in [2.45, 2.75) is 6.10 Å². The lowest BCUT2D eigenvalue weighted by Gasteiger charge is -2.29. The molecule has 1 unspecified atom stereocenters. The lowest BCUT2D eigenvalue weighted by Crippen LogP contribution is -2.40. The van der Waals surface area contributed by atoms with Crippen molar-refractivity contribution in [1.82, 2.24) is 0 Å². The monoisotopic (exact) mass is 343 g/mol. The van der Waals surface area contributed by atoms with E-state index < -0.39 is 27.9 Å². The van der Waals surface area contributed by atoms with Gasteiger partial charge < -0.3 is 15.4 Å². The maximum absolute atomic E-state index is 14.4. The van der Waals surface area contributed by atoms with Crippen LogP contribution in [0.15, 0.2) is 18.2 Å². The summed E-state index contributed by atoms with van der Waals surface area (Å²) in [6.45, 7) is 1.03. The highest BCUT2D eigenvalue weighted by Crippen LogP contribution is 2.28. The third-order valence-electron chi connectivity index (χ3n) is 4.07. The van der Waals surface area contributed by atoms with Crippen molar-refractivity contribution in [3.05, 3.63) is 24.0 Å². The number of nitrogens with two attached hydrogens (primary N) is 1. The molecule has 0 aliphatic carbocycles. The molecule has 7 nitrogen and oxygen atoms in total. The van der Waals surface area contributed by atoms with Gasteiger partial charge in [0.2, 0.25) is 0 Å². The van der Waals surface area contributed by atoms with E-state index in [0.717, 1.165) is 0 Å². The van der Waals surface area contributed by atoms with E-state index in [1.54, 1.807) is 17.0 Å². The Balaban J connectivity index is 1.78. The molecule has 23 heavy (non-hydrogen) atoms. The molecule has 1 aromatic carbocycles. The Bertz CT molecular complexity index is 711. The number of hydrogen-bond donors (Lipinski definition) is 1. The average molecular weight is 343 g/mol. The molecular weight excluding hydrogens is 325 g/mol. The van der Waals surface area contributed by atoms with Crippen LogP contribution in [0.5, 0.6) is 0 Å². The molecule has 2 N–H and O–H groups in total. The molecule has 3 rings (SSSR count). The zero-order chi connectivity index (χ0) is 16.6. The number of halogens is 1. The standard InChI is InChI=1S/C14H18FN3O4S/c15-12-7-10(18-9-11(8-16)22-14(18)19)1-2-13(12)17-3-5-23(20,21)6-4-17/h1-2,7,11H,3-6,8-9,16H2. The highest BCUT2D eigenvalue weighted by molar-refractivity contribution is 7.91. The molecule has 2 heterocycles. The number of carbonyl (C=O) groups excluding carboxylic acids is 1. The van der Waals surface area contributed by atoms with E-state index in [1.165, 1.54) is 11.0 Å². The van der Waals surface area contributed by atoms with Gasteiger partial charge in [0.25, 0.3) is 0 Å². The molecule has 0 bridgehead atoms. The number of ether oxygens (including phenoxy) is 1. The van der Waals surface area contributed by atoms with Gasteiger partial charge in [0.05, 0.1) is 29.4 Å². The van der Waals surface area contributed by atoms with E-state index >= 15 is 0 Å². The summed E-state index contributed by atoms with van der Waals surface area (Å²) in [5.74, 6) is -0.457. The number of rotatable bonds is 3. The van der Waals surface area contributed by atoms with E-state index in [1.807, 2.05) is 0 Å². The van der Waals surface area contributed by atoms with Crippen LogP contribution in [0.4, 0.5) is 20.6 Å². The van der Waals surface area contributed by atoms with Crippen LogP contribution in [-0.4, -0.2) is 58.3 Å². The molecular formula is C14H18FN3O4S. The van der Waals surface area contributed by atoms with Crippen LogP contribution < -0.4 is 15.5 Å². The number of carbonyl (C=O) groups is 1. The van der Waals surface area contributed by atoms with Gasteiger partial charge in [-0.2, -0.15) is 0 Å². The molecule has 0 spiro atoms. The van der Waals surface area contributed by atoms with E-state index in [4.69, 9.17) is 10.5 Å². The van der Waals surface area contributed by atoms with Gasteiger partial charge in [-0.3, -0.25) is 4.90 Å². The van der Waals surface area contributed by atoms with Crippen molar-refractivity contribution in [1.29, 1.82) is 0 Å². The van der Waals surface area contributed by atoms with Crippen LogP contribution in [-0.2, 0) is 14.6 Å². The highest BCUT2D eigenvalue weighted by atomic mass is 32.2. The molecule has 1 aromatic rings. The fourth-order valence-corrected chi connectivity index (χ4v) is 3.93. The summed E-state index contributed by atoms with van der Waals surface area (Å²) in [4.78, 5) is 14.8. The summed E-state index contributed by atoms with van der Waals surface area (Å²) < 4.78 is 42.3. The summed E-state index contributed by atoms with van der Waals surface area (Å²) >= 11 is 0. The third kappa shape index (κ3) is 3.25. The fourth-order valence-electron chi connectivity index (χ4n) is 2.73. The minimum Gasteiger partial charge on any atom is -0.443 e.